The van der Waals surface area contributed by atoms with Gasteiger partial charge < -0.3 is 9.88 Å². The number of carbonyl (C=O) groups is 1. The van der Waals surface area contributed by atoms with E-state index in [2.05, 4.69) is 38.1 Å². The highest BCUT2D eigenvalue weighted by molar-refractivity contribution is 5.92. The van der Waals surface area contributed by atoms with E-state index < -0.39 is 0 Å². The van der Waals surface area contributed by atoms with Gasteiger partial charge in [0.05, 0.1) is 0 Å². The second kappa shape index (κ2) is 6.81. The van der Waals surface area contributed by atoms with Crippen molar-refractivity contribution in [3.63, 3.8) is 0 Å². The summed E-state index contributed by atoms with van der Waals surface area (Å²) in [6.45, 7) is 9.09. The Hall–Kier alpha value is -2.04. The molecule has 1 atom stereocenters. The molecule has 0 radical (unpaired) electrons. The average Bonchev–Trinajstić information content (AvgIpc) is 3.08. The van der Waals surface area contributed by atoms with Crippen molar-refractivity contribution in [1.82, 2.24) is 19.7 Å². The molecular formula is C17H26N4O. The maximum Gasteiger partial charge on any atom is 0.267 e. The molecule has 1 amide bonds. The van der Waals surface area contributed by atoms with Crippen molar-refractivity contribution in [3.8, 4) is 0 Å². The van der Waals surface area contributed by atoms with E-state index in [9.17, 15) is 4.79 Å². The molecule has 0 aliphatic rings. The van der Waals surface area contributed by atoms with Gasteiger partial charge >= 0.3 is 0 Å². The molecule has 0 aliphatic carbocycles. The van der Waals surface area contributed by atoms with E-state index in [-0.39, 0.29) is 17.9 Å². The van der Waals surface area contributed by atoms with Crippen LogP contribution in [0, 0.1) is 5.92 Å². The monoisotopic (exact) mass is 302 g/mol. The second-order valence-corrected chi connectivity index (χ2v) is 6.33. The number of rotatable bonds is 6. The van der Waals surface area contributed by atoms with Gasteiger partial charge in [-0.2, -0.15) is 5.10 Å². The number of carbonyl (C=O) groups excluding carboxylic acids is 1. The van der Waals surface area contributed by atoms with Crippen molar-refractivity contribution in [1.29, 1.82) is 0 Å². The molecule has 0 unspecified atom stereocenters. The Balaban J connectivity index is 2.08. The van der Waals surface area contributed by atoms with Gasteiger partial charge in [0.15, 0.2) is 0 Å². The summed E-state index contributed by atoms with van der Waals surface area (Å²) in [7, 11) is 1.94. The molecular weight excluding hydrogens is 276 g/mol. The Bertz CT molecular complexity index is 624. The average molecular weight is 302 g/mol. The molecule has 5 nitrogen and oxygen atoms in total. The lowest BCUT2D eigenvalue weighted by Gasteiger charge is -2.22. The number of aromatic nitrogens is 3. The Labute approximate surface area is 132 Å². The first-order valence-corrected chi connectivity index (χ1v) is 7.84. The van der Waals surface area contributed by atoms with Gasteiger partial charge in [-0.3, -0.25) is 9.48 Å². The van der Waals surface area contributed by atoms with Gasteiger partial charge in [0.25, 0.3) is 5.91 Å². The third-order valence-corrected chi connectivity index (χ3v) is 4.09. The molecule has 2 aromatic rings. The minimum Gasteiger partial charge on any atom is -0.350 e. The highest BCUT2D eigenvalue weighted by Gasteiger charge is 2.21. The van der Waals surface area contributed by atoms with E-state index >= 15 is 0 Å². The van der Waals surface area contributed by atoms with Crippen molar-refractivity contribution in [2.24, 2.45) is 13.0 Å². The number of nitrogens with zero attached hydrogens (tertiary/aromatic N) is 3. The van der Waals surface area contributed by atoms with Crippen LogP contribution in [0.15, 0.2) is 30.6 Å². The lowest BCUT2D eigenvalue weighted by Crippen LogP contribution is -2.32. The fourth-order valence-corrected chi connectivity index (χ4v) is 2.76. The predicted molar refractivity (Wildman–Crippen MR) is 87.9 cm³/mol. The molecule has 120 valence electrons. The van der Waals surface area contributed by atoms with Crippen LogP contribution in [0.1, 0.15) is 55.8 Å². The van der Waals surface area contributed by atoms with Crippen LogP contribution < -0.4 is 5.32 Å². The van der Waals surface area contributed by atoms with Crippen LogP contribution in [0.4, 0.5) is 0 Å². The van der Waals surface area contributed by atoms with Gasteiger partial charge in [-0.1, -0.05) is 13.8 Å². The summed E-state index contributed by atoms with van der Waals surface area (Å²) in [6, 6.07) is 6.07. The Kier molecular flexibility index (Phi) is 5.06. The molecule has 2 rings (SSSR count). The minimum atomic E-state index is -0.0217. The molecule has 2 heterocycles. The fourth-order valence-electron chi connectivity index (χ4n) is 2.76. The highest BCUT2D eigenvalue weighted by atomic mass is 16.1. The summed E-state index contributed by atoms with van der Waals surface area (Å²) in [5, 5.41) is 7.31. The first-order valence-electron chi connectivity index (χ1n) is 7.84. The van der Waals surface area contributed by atoms with Crippen molar-refractivity contribution < 1.29 is 4.79 Å². The molecule has 1 N–H and O–H groups in total. The lowest BCUT2D eigenvalue weighted by molar-refractivity contribution is 0.0938. The van der Waals surface area contributed by atoms with Crippen molar-refractivity contribution in [2.75, 3.05) is 6.54 Å². The minimum absolute atomic E-state index is 0.0217. The normalized spacial score (nSPS) is 12.9. The third-order valence-electron chi connectivity index (χ3n) is 4.09. The first-order chi connectivity index (χ1) is 10.4. The smallest absolute Gasteiger partial charge is 0.267 e. The maximum atomic E-state index is 12.5. The SMILES string of the molecule is CC(C)[C@@H](CNC(=O)c1cccn1C(C)C)c1ccnn1C. The van der Waals surface area contributed by atoms with Crippen LogP contribution in [0.25, 0.3) is 0 Å². The zero-order valence-electron chi connectivity index (χ0n) is 14.1. The van der Waals surface area contributed by atoms with Crippen LogP contribution in [0.5, 0.6) is 0 Å². The van der Waals surface area contributed by atoms with E-state index in [0.29, 0.717) is 18.2 Å². The number of hydrogen-bond acceptors (Lipinski definition) is 2. The van der Waals surface area contributed by atoms with Crippen LogP contribution in [0.3, 0.4) is 0 Å². The molecule has 0 fully saturated rings. The first kappa shape index (κ1) is 16.3. The summed E-state index contributed by atoms with van der Waals surface area (Å²) in [5.74, 6) is 0.651. The van der Waals surface area contributed by atoms with Crippen LogP contribution in [0.2, 0.25) is 0 Å². The Morgan fingerprint density at radius 2 is 2.00 bits per heavy atom. The molecule has 0 spiro atoms. The molecule has 0 bridgehead atoms. The van der Waals surface area contributed by atoms with Gasteiger partial charge in [-0.05, 0) is 38.0 Å². The molecule has 22 heavy (non-hydrogen) atoms. The zero-order chi connectivity index (χ0) is 16.3. The van der Waals surface area contributed by atoms with Crippen LogP contribution in [-0.4, -0.2) is 26.8 Å². The molecule has 0 saturated heterocycles. The van der Waals surface area contributed by atoms with Gasteiger partial charge in [-0.15, -0.1) is 0 Å². The molecule has 0 aromatic carbocycles. The van der Waals surface area contributed by atoms with Crippen molar-refractivity contribution in [3.05, 3.63) is 42.0 Å². The van der Waals surface area contributed by atoms with E-state index in [4.69, 9.17) is 0 Å². The van der Waals surface area contributed by atoms with E-state index in [1.807, 2.05) is 40.7 Å². The van der Waals surface area contributed by atoms with Gasteiger partial charge in [0, 0.05) is 43.6 Å². The van der Waals surface area contributed by atoms with Crippen molar-refractivity contribution >= 4 is 5.91 Å². The van der Waals surface area contributed by atoms with Gasteiger partial charge in [0.1, 0.15) is 5.69 Å². The van der Waals surface area contributed by atoms with Crippen LogP contribution >= 0.6 is 0 Å². The predicted octanol–water partition coefficient (Wildman–Crippen LogP) is 2.97. The molecule has 2 aromatic heterocycles. The summed E-state index contributed by atoms with van der Waals surface area (Å²) < 4.78 is 3.87. The number of nitrogens with one attached hydrogen (secondary N) is 1. The van der Waals surface area contributed by atoms with Crippen LogP contribution in [-0.2, 0) is 7.05 Å². The second-order valence-electron chi connectivity index (χ2n) is 6.33. The molecule has 0 saturated carbocycles. The van der Waals surface area contributed by atoms with E-state index in [1.54, 1.807) is 6.20 Å². The van der Waals surface area contributed by atoms with Crippen molar-refractivity contribution in [2.45, 2.75) is 39.7 Å². The Morgan fingerprint density at radius 1 is 1.27 bits per heavy atom. The van der Waals surface area contributed by atoms with E-state index in [0.717, 1.165) is 5.69 Å². The number of hydrogen-bond donors (Lipinski definition) is 1. The number of aryl methyl sites for hydroxylation is 1. The Morgan fingerprint density at radius 3 is 2.55 bits per heavy atom. The summed E-state index contributed by atoms with van der Waals surface area (Å²) in [4.78, 5) is 12.5. The maximum absolute atomic E-state index is 12.5. The molecule has 5 heteroatoms. The van der Waals surface area contributed by atoms with Gasteiger partial charge in [-0.25, -0.2) is 0 Å². The third kappa shape index (κ3) is 3.40. The zero-order valence-corrected chi connectivity index (χ0v) is 14.1. The topological polar surface area (TPSA) is 51.9 Å². The standard InChI is InChI=1S/C17H26N4O/c1-12(2)14(15-8-9-19-20(15)5)11-18-17(22)16-7-6-10-21(16)13(3)4/h6-10,12-14H,11H2,1-5H3,(H,18,22)/t14-/m1/s1. The van der Waals surface area contributed by atoms with E-state index in [1.165, 1.54) is 0 Å². The largest absolute Gasteiger partial charge is 0.350 e. The lowest BCUT2D eigenvalue weighted by atomic mass is 9.92. The van der Waals surface area contributed by atoms with Gasteiger partial charge in [0.2, 0.25) is 0 Å². The summed E-state index contributed by atoms with van der Waals surface area (Å²) >= 11 is 0. The summed E-state index contributed by atoms with van der Waals surface area (Å²) in [6.07, 6.45) is 3.75. The summed E-state index contributed by atoms with van der Waals surface area (Å²) in [5.41, 5.74) is 1.86. The highest BCUT2D eigenvalue weighted by Crippen LogP contribution is 2.23. The number of amides is 1. The fraction of sp³-hybridized carbons (Fsp3) is 0.529. The molecule has 0 aliphatic heterocycles. The quantitative estimate of drug-likeness (QED) is 0.892.